The van der Waals surface area contributed by atoms with E-state index in [1.165, 1.54) is 35.0 Å². The van der Waals surface area contributed by atoms with Crippen molar-refractivity contribution in [2.24, 2.45) is 0 Å². The van der Waals surface area contributed by atoms with Gasteiger partial charge >= 0.3 is 0 Å². The van der Waals surface area contributed by atoms with E-state index in [9.17, 15) is 14.3 Å². The Hall–Kier alpha value is -2.79. The zero-order valence-electron chi connectivity index (χ0n) is 12.3. The molecule has 0 saturated heterocycles. The second kappa shape index (κ2) is 6.54. The fourth-order valence-corrected chi connectivity index (χ4v) is 2.30. The van der Waals surface area contributed by atoms with Gasteiger partial charge in [-0.05, 0) is 23.8 Å². The van der Waals surface area contributed by atoms with Crippen molar-refractivity contribution in [1.82, 2.24) is 9.78 Å². The van der Waals surface area contributed by atoms with Crippen LogP contribution in [0.15, 0.2) is 71.5 Å². The molecule has 2 aromatic carbocycles. The van der Waals surface area contributed by atoms with Crippen LogP contribution in [0.4, 0.5) is 4.39 Å². The molecule has 0 aliphatic carbocycles. The Morgan fingerprint density at radius 1 is 1.00 bits per heavy atom. The minimum absolute atomic E-state index is 0.00510. The van der Waals surface area contributed by atoms with Crippen LogP contribution in [0.5, 0.6) is 0 Å². The monoisotopic (exact) mass is 310 g/mol. The quantitative estimate of drug-likeness (QED) is 0.806. The molecule has 3 aromatic rings. The summed E-state index contributed by atoms with van der Waals surface area (Å²) in [6.45, 7) is 0.00510. The van der Waals surface area contributed by atoms with E-state index in [-0.39, 0.29) is 17.9 Å². The van der Waals surface area contributed by atoms with Gasteiger partial charge in [0.15, 0.2) is 0 Å². The SMILES string of the molecule is O=c1ccc(-c2ccccc2)nn1CC(O)c1ccc(F)cc1. The summed E-state index contributed by atoms with van der Waals surface area (Å²) in [5, 5.41) is 14.5. The van der Waals surface area contributed by atoms with Gasteiger partial charge in [-0.15, -0.1) is 0 Å². The molecule has 0 amide bonds. The highest BCUT2D eigenvalue weighted by Crippen LogP contribution is 2.17. The lowest BCUT2D eigenvalue weighted by molar-refractivity contribution is 0.149. The van der Waals surface area contributed by atoms with Crippen molar-refractivity contribution < 1.29 is 9.50 Å². The minimum atomic E-state index is -0.938. The lowest BCUT2D eigenvalue weighted by atomic mass is 10.1. The van der Waals surface area contributed by atoms with Crippen LogP contribution in [0.1, 0.15) is 11.7 Å². The van der Waals surface area contributed by atoms with Crippen LogP contribution in [0.2, 0.25) is 0 Å². The molecule has 1 aromatic heterocycles. The number of hydrogen-bond donors (Lipinski definition) is 1. The normalized spacial score (nSPS) is 12.1. The molecule has 0 radical (unpaired) electrons. The Labute approximate surface area is 132 Å². The van der Waals surface area contributed by atoms with Crippen LogP contribution in [0.25, 0.3) is 11.3 Å². The van der Waals surface area contributed by atoms with Crippen LogP contribution < -0.4 is 5.56 Å². The van der Waals surface area contributed by atoms with Crippen molar-refractivity contribution in [1.29, 1.82) is 0 Å². The summed E-state index contributed by atoms with van der Waals surface area (Å²) >= 11 is 0. The van der Waals surface area contributed by atoms with Crippen molar-refractivity contribution in [3.05, 3.63) is 88.5 Å². The third-order valence-corrected chi connectivity index (χ3v) is 3.54. The highest BCUT2D eigenvalue weighted by Gasteiger charge is 2.11. The molecule has 23 heavy (non-hydrogen) atoms. The molecule has 1 N–H and O–H groups in total. The fourth-order valence-electron chi connectivity index (χ4n) is 2.30. The average Bonchev–Trinajstić information content (AvgIpc) is 2.58. The number of halogens is 1. The van der Waals surface area contributed by atoms with Gasteiger partial charge in [0.05, 0.1) is 18.3 Å². The largest absolute Gasteiger partial charge is 0.386 e. The lowest BCUT2D eigenvalue weighted by Crippen LogP contribution is -2.25. The molecule has 1 unspecified atom stereocenters. The maximum absolute atomic E-state index is 12.9. The molecule has 0 fully saturated rings. The molecule has 3 rings (SSSR count). The number of aliphatic hydroxyl groups is 1. The topological polar surface area (TPSA) is 55.1 Å². The Bertz CT molecular complexity index is 845. The zero-order chi connectivity index (χ0) is 16.2. The first kappa shape index (κ1) is 15.1. The first-order chi connectivity index (χ1) is 11.1. The number of aliphatic hydroxyl groups excluding tert-OH is 1. The Morgan fingerprint density at radius 3 is 2.39 bits per heavy atom. The summed E-state index contributed by atoms with van der Waals surface area (Å²) in [7, 11) is 0. The molecular formula is C18H15FN2O2. The molecule has 4 nitrogen and oxygen atoms in total. The van der Waals surface area contributed by atoms with Crippen LogP contribution in [-0.4, -0.2) is 14.9 Å². The second-order valence-corrected chi connectivity index (χ2v) is 5.17. The van der Waals surface area contributed by atoms with Crippen LogP contribution in [0, 0.1) is 5.82 Å². The molecular weight excluding hydrogens is 295 g/mol. The van der Waals surface area contributed by atoms with Gasteiger partial charge in [0.1, 0.15) is 5.82 Å². The summed E-state index contributed by atoms with van der Waals surface area (Å²) in [6.07, 6.45) is -0.938. The van der Waals surface area contributed by atoms with E-state index in [1.807, 2.05) is 30.3 Å². The molecule has 0 saturated carbocycles. The van der Waals surface area contributed by atoms with E-state index in [4.69, 9.17) is 0 Å². The number of hydrogen-bond acceptors (Lipinski definition) is 3. The summed E-state index contributed by atoms with van der Waals surface area (Å²) in [6, 6.07) is 18.1. The Morgan fingerprint density at radius 2 is 1.70 bits per heavy atom. The molecule has 1 atom stereocenters. The predicted octanol–water partition coefficient (Wildman–Crippen LogP) is 2.78. The van der Waals surface area contributed by atoms with Crippen LogP contribution in [-0.2, 0) is 6.54 Å². The first-order valence-corrected chi connectivity index (χ1v) is 7.20. The van der Waals surface area contributed by atoms with Crippen molar-refractivity contribution in [3.63, 3.8) is 0 Å². The molecule has 5 heteroatoms. The van der Waals surface area contributed by atoms with E-state index >= 15 is 0 Å². The van der Waals surface area contributed by atoms with Gasteiger partial charge in [-0.1, -0.05) is 42.5 Å². The number of rotatable bonds is 4. The molecule has 0 aliphatic heterocycles. The summed E-state index contributed by atoms with van der Waals surface area (Å²) < 4.78 is 14.2. The van der Waals surface area contributed by atoms with E-state index in [2.05, 4.69) is 5.10 Å². The van der Waals surface area contributed by atoms with Crippen molar-refractivity contribution in [2.45, 2.75) is 12.6 Å². The first-order valence-electron chi connectivity index (χ1n) is 7.20. The highest BCUT2D eigenvalue weighted by atomic mass is 19.1. The Kier molecular flexibility index (Phi) is 4.30. The van der Waals surface area contributed by atoms with Gasteiger partial charge in [0.2, 0.25) is 0 Å². The molecule has 116 valence electrons. The number of aromatic nitrogens is 2. The smallest absolute Gasteiger partial charge is 0.266 e. The summed E-state index contributed by atoms with van der Waals surface area (Å²) in [4.78, 5) is 12.0. The minimum Gasteiger partial charge on any atom is -0.386 e. The van der Waals surface area contributed by atoms with E-state index in [0.717, 1.165) is 5.56 Å². The predicted molar refractivity (Wildman–Crippen MR) is 85.3 cm³/mol. The second-order valence-electron chi connectivity index (χ2n) is 5.17. The molecule has 0 bridgehead atoms. The number of benzene rings is 2. The molecule has 0 spiro atoms. The van der Waals surface area contributed by atoms with Crippen LogP contribution in [0.3, 0.4) is 0 Å². The van der Waals surface area contributed by atoms with E-state index in [1.54, 1.807) is 6.07 Å². The van der Waals surface area contributed by atoms with Gasteiger partial charge in [0.25, 0.3) is 5.56 Å². The highest BCUT2D eigenvalue weighted by molar-refractivity contribution is 5.57. The fraction of sp³-hybridized carbons (Fsp3) is 0.111. The van der Waals surface area contributed by atoms with Gasteiger partial charge in [0, 0.05) is 11.6 Å². The maximum Gasteiger partial charge on any atom is 0.266 e. The van der Waals surface area contributed by atoms with Gasteiger partial charge in [-0.25, -0.2) is 9.07 Å². The van der Waals surface area contributed by atoms with Gasteiger partial charge < -0.3 is 5.11 Å². The summed E-state index contributed by atoms with van der Waals surface area (Å²) in [5.41, 5.74) is 1.77. The van der Waals surface area contributed by atoms with Crippen molar-refractivity contribution in [3.8, 4) is 11.3 Å². The Balaban J connectivity index is 1.88. The van der Waals surface area contributed by atoms with E-state index < -0.39 is 6.10 Å². The standard InChI is InChI=1S/C18H15FN2O2/c19-15-8-6-14(7-9-15)17(22)12-21-18(23)11-10-16(20-21)13-4-2-1-3-5-13/h1-11,17,22H,12H2. The van der Waals surface area contributed by atoms with Gasteiger partial charge in [-0.3, -0.25) is 4.79 Å². The maximum atomic E-state index is 12.9. The van der Waals surface area contributed by atoms with Crippen molar-refractivity contribution in [2.75, 3.05) is 0 Å². The molecule has 1 heterocycles. The third-order valence-electron chi connectivity index (χ3n) is 3.54. The number of nitrogens with zero attached hydrogens (tertiary/aromatic N) is 2. The zero-order valence-corrected chi connectivity index (χ0v) is 12.3. The van der Waals surface area contributed by atoms with Crippen LogP contribution >= 0.6 is 0 Å². The third kappa shape index (κ3) is 3.52. The average molecular weight is 310 g/mol. The van der Waals surface area contributed by atoms with E-state index in [0.29, 0.717) is 11.3 Å². The lowest BCUT2D eigenvalue weighted by Gasteiger charge is -2.13. The summed E-state index contributed by atoms with van der Waals surface area (Å²) in [5.74, 6) is -0.373. The van der Waals surface area contributed by atoms with Gasteiger partial charge in [-0.2, -0.15) is 5.10 Å². The van der Waals surface area contributed by atoms with Crippen molar-refractivity contribution >= 4 is 0 Å². The molecule has 0 aliphatic rings.